The molecule has 2 aromatic carbocycles. The van der Waals surface area contributed by atoms with E-state index in [-0.39, 0.29) is 0 Å². The van der Waals surface area contributed by atoms with E-state index in [1.807, 2.05) is 42.5 Å². The Morgan fingerprint density at radius 3 is 2.68 bits per heavy atom. The Balaban J connectivity index is 1.65. The summed E-state index contributed by atoms with van der Waals surface area (Å²) in [5, 5.41) is 15.0. The average Bonchev–Trinajstić information content (AvgIpc) is 3.04. The second kappa shape index (κ2) is 8.81. The van der Waals surface area contributed by atoms with Crippen LogP contribution in [-0.2, 0) is 5.75 Å². The third kappa shape index (κ3) is 4.92. The number of halogens is 1. The van der Waals surface area contributed by atoms with Crippen LogP contribution in [0.3, 0.4) is 0 Å². The highest BCUT2D eigenvalue weighted by atomic mass is 79.9. The van der Waals surface area contributed by atoms with Gasteiger partial charge in [-0.3, -0.25) is 5.43 Å². The van der Waals surface area contributed by atoms with E-state index in [1.165, 1.54) is 17.1 Å². The maximum absolute atomic E-state index is 9.44. The molecule has 1 aromatic heterocycles. The van der Waals surface area contributed by atoms with E-state index < -0.39 is 0 Å². The lowest BCUT2D eigenvalue weighted by Gasteiger charge is -2.00. The van der Waals surface area contributed by atoms with Crippen molar-refractivity contribution >= 4 is 50.4 Å². The Kier molecular flexibility index (Phi) is 6.23. The van der Waals surface area contributed by atoms with E-state index in [4.69, 9.17) is 0 Å². The van der Waals surface area contributed by atoms with Crippen LogP contribution in [0.2, 0.25) is 0 Å². The molecule has 0 atom stereocenters. The van der Waals surface area contributed by atoms with Gasteiger partial charge < -0.3 is 0 Å². The van der Waals surface area contributed by atoms with Gasteiger partial charge in [-0.05, 0) is 34.8 Å². The molecule has 0 saturated carbocycles. The molecule has 0 fully saturated rings. The standard InChI is InChI=1S/C18H13BrN4S2/c19-15-8-6-13(7-9-15)11-21-22-17-16(10-20)18(23-25-17)24-12-14-4-2-1-3-5-14/h1-9,11,22H,12H2/b21-11+. The number of benzene rings is 2. The van der Waals surface area contributed by atoms with E-state index in [0.717, 1.165) is 20.8 Å². The second-order valence-electron chi connectivity index (χ2n) is 5.00. The van der Waals surface area contributed by atoms with Gasteiger partial charge in [-0.1, -0.05) is 70.2 Å². The fourth-order valence-corrected chi connectivity index (χ4v) is 4.02. The zero-order valence-electron chi connectivity index (χ0n) is 13.0. The maximum Gasteiger partial charge on any atom is 0.148 e. The predicted molar refractivity (Wildman–Crippen MR) is 108 cm³/mol. The van der Waals surface area contributed by atoms with E-state index in [9.17, 15) is 5.26 Å². The zero-order valence-corrected chi connectivity index (χ0v) is 16.2. The number of anilines is 1. The normalized spacial score (nSPS) is 10.7. The minimum absolute atomic E-state index is 0.541. The minimum atomic E-state index is 0.541. The molecule has 1 N–H and O–H groups in total. The Morgan fingerprint density at radius 1 is 1.20 bits per heavy atom. The lowest BCUT2D eigenvalue weighted by Crippen LogP contribution is -1.91. The summed E-state index contributed by atoms with van der Waals surface area (Å²) in [6.07, 6.45) is 1.71. The van der Waals surface area contributed by atoms with Crippen molar-refractivity contribution in [2.24, 2.45) is 5.10 Å². The van der Waals surface area contributed by atoms with E-state index >= 15 is 0 Å². The van der Waals surface area contributed by atoms with Crippen molar-refractivity contribution in [3.05, 3.63) is 75.8 Å². The molecule has 0 saturated heterocycles. The molecule has 0 spiro atoms. The zero-order chi connectivity index (χ0) is 17.5. The van der Waals surface area contributed by atoms with Crippen molar-refractivity contribution in [1.29, 1.82) is 5.26 Å². The van der Waals surface area contributed by atoms with Crippen molar-refractivity contribution in [3.8, 4) is 6.07 Å². The molecule has 0 radical (unpaired) electrons. The first kappa shape index (κ1) is 17.7. The average molecular weight is 429 g/mol. The third-order valence-electron chi connectivity index (χ3n) is 3.24. The summed E-state index contributed by atoms with van der Waals surface area (Å²) in [4.78, 5) is 0. The van der Waals surface area contributed by atoms with Crippen LogP contribution in [0.15, 0.2) is 69.2 Å². The lowest BCUT2D eigenvalue weighted by atomic mass is 10.2. The fraction of sp³-hybridized carbons (Fsp3) is 0.0556. The van der Waals surface area contributed by atoms with Gasteiger partial charge in [0.05, 0.1) is 6.21 Å². The van der Waals surface area contributed by atoms with Gasteiger partial charge in [0.1, 0.15) is 21.7 Å². The number of thioether (sulfide) groups is 1. The second-order valence-corrected chi connectivity index (χ2v) is 7.65. The summed E-state index contributed by atoms with van der Waals surface area (Å²) in [7, 11) is 0. The molecule has 124 valence electrons. The number of nitrogens with zero attached hydrogens (tertiary/aromatic N) is 3. The van der Waals surface area contributed by atoms with Crippen molar-refractivity contribution in [2.45, 2.75) is 10.8 Å². The quantitative estimate of drug-likeness (QED) is 0.319. The Morgan fingerprint density at radius 2 is 1.96 bits per heavy atom. The summed E-state index contributed by atoms with van der Waals surface area (Å²) in [5.41, 5.74) is 5.64. The summed E-state index contributed by atoms with van der Waals surface area (Å²) >= 11 is 6.20. The smallest absolute Gasteiger partial charge is 0.148 e. The Labute approximate surface area is 162 Å². The van der Waals surface area contributed by atoms with Gasteiger partial charge in [0.15, 0.2) is 0 Å². The molecule has 0 aliphatic heterocycles. The molecule has 0 aliphatic rings. The van der Waals surface area contributed by atoms with Crippen molar-refractivity contribution < 1.29 is 0 Å². The predicted octanol–water partition coefficient (Wildman–Crippen LogP) is 5.52. The number of aromatic nitrogens is 1. The first-order valence-electron chi connectivity index (χ1n) is 7.37. The van der Waals surface area contributed by atoms with Crippen LogP contribution in [0.25, 0.3) is 0 Å². The molecule has 1 heterocycles. The summed E-state index contributed by atoms with van der Waals surface area (Å²) < 4.78 is 5.40. The molecule has 0 amide bonds. The number of hydrazone groups is 1. The molecule has 0 aliphatic carbocycles. The Hall–Kier alpha value is -2.14. The molecule has 4 nitrogen and oxygen atoms in total. The lowest BCUT2D eigenvalue weighted by molar-refractivity contribution is 1.23. The third-order valence-corrected chi connectivity index (χ3v) is 5.68. The van der Waals surface area contributed by atoms with Gasteiger partial charge in [0.2, 0.25) is 0 Å². The molecule has 7 heteroatoms. The van der Waals surface area contributed by atoms with Gasteiger partial charge in [-0.15, -0.1) is 0 Å². The fourth-order valence-electron chi connectivity index (χ4n) is 1.99. The minimum Gasteiger partial charge on any atom is -0.266 e. The van der Waals surface area contributed by atoms with E-state index in [0.29, 0.717) is 10.6 Å². The highest BCUT2D eigenvalue weighted by molar-refractivity contribution is 9.10. The van der Waals surface area contributed by atoms with Gasteiger partial charge >= 0.3 is 0 Å². The van der Waals surface area contributed by atoms with Crippen molar-refractivity contribution in [3.63, 3.8) is 0 Å². The van der Waals surface area contributed by atoms with Crippen LogP contribution in [0.4, 0.5) is 5.00 Å². The first-order chi connectivity index (χ1) is 12.3. The maximum atomic E-state index is 9.44. The SMILES string of the molecule is N#Cc1c(SCc2ccccc2)nsc1N/N=C/c1ccc(Br)cc1. The molecule has 3 aromatic rings. The van der Waals surface area contributed by atoms with Crippen LogP contribution < -0.4 is 5.43 Å². The van der Waals surface area contributed by atoms with Crippen LogP contribution >= 0.6 is 39.2 Å². The van der Waals surface area contributed by atoms with Gasteiger partial charge in [-0.25, -0.2) is 0 Å². The van der Waals surface area contributed by atoms with Crippen LogP contribution in [0.1, 0.15) is 16.7 Å². The molecular weight excluding hydrogens is 416 g/mol. The number of hydrogen-bond acceptors (Lipinski definition) is 6. The number of hydrogen-bond donors (Lipinski definition) is 1. The molecule has 3 rings (SSSR count). The molecular formula is C18H13BrN4S2. The summed E-state index contributed by atoms with van der Waals surface area (Å²) in [6.45, 7) is 0. The molecule has 25 heavy (non-hydrogen) atoms. The molecule has 0 bridgehead atoms. The van der Waals surface area contributed by atoms with E-state index in [2.05, 4.69) is 49.0 Å². The largest absolute Gasteiger partial charge is 0.266 e. The van der Waals surface area contributed by atoms with Gasteiger partial charge in [-0.2, -0.15) is 14.7 Å². The summed E-state index contributed by atoms with van der Waals surface area (Å²) in [6, 6.07) is 20.2. The monoisotopic (exact) mass is 428 g/mol. The van der Waals surface area contributed by atoms with Crippen LogP contribution in [0, 0.1) is 11.3 Å². The van der Waals surface area contributed by atoms with Crippen LogP contribution in [0.5, 0.6) is 0 Å². The Bertz CT molecular complexity index is 899. The first-order valence-corrected chi connectivity index (χ1v) is 9.92. The highest BCUT2D eigenvalue weighted by Crippen LogP contribution is 2.32. The number of nitriles is 1. The number of rotatable bonds is 6. The van der Waals surface area contributed by atoms with Crippen molar-refractivity contribution in [1.82, 2.24) is 4.37 Å². The number of nitrogens with one attached hydrogen (secondary N) is 1. The topological polar surface area (TPSA) is 61.1 Å². The van der Waals surface area contributed by atoms with E-state index in [1.54, 1.807) is 18.0 Å². The van der Waals surface area contributed by atoms with Gasteiger partial charge in [0, 0.05) is 10.2 Å². The van der Waals surface area contributed by atoms with Crippen molar-refractivity contribution in [2.75, 3.05) is 5.43 Å². The van der Waals surface area contributed by atoms with Crippen LogP contribution in [-0.4, -0.2) is 10.6 Å². The van der Waals surface area contributed by atoms with Gasteiger partial charge in [0.25, 0.3) is 0 Å². The highest BCUT2D eigenvalue weighted by Gasteiger charge is 2.13. The summed E-state index contributed by atoms with van der Waals surface area (Å²) in [5.74, 6) is 0.779. The molecule has 0 unspecified atom stereocenters.